The third-order valence-electron chi connectivity index (χ3n) is 2.18. The van der Waals surface area contributed by atoms with Crippen molar-refractivity contribution < 1.29 is 23.1 Å². The van der Waals surface area contributed by atoms with Crippen molar-refractivity contribution in [2.75, 3.05) is 5.33 Å². The highest BCUT2D eigenvalue weighted by Crippen LogP contribution is 2.31. The van der Waals surface area contributed by atoms with Crippen LogP contribution in [0.25, 0.3) is 6.08 Å². The summed E-state index contributed by atoms with van der Waals surface area (Å²) in [6, 6.07) is 2.58. The van der Waals surface area contributed by atoms with Crippen molar-refractivity contribution in [2.45, 2.75) is 12.6 Å². The van der Waals surface area contributed by atoms with Gasteiger partial charge in [-0.15, -0.1) is 0 Å². The Balaban J connectivity index is 3.20. The van der Waals surface area contributed by atoms with Crippen LogP contribution >= 0.6 is 15.9 Å². The molecule has 1 aromatic carbocycles. The molecule has 0 radical (unpaired) electrons. The van der Waals surface area contributed by atoms with Crippen LogP contribution in [0.4, 0.5) is 13.2 Å². The van der Waals surface area contributed by atoms with Gasteiger partial charge in [0.2, 0.25) is 0 Å². The van der Waals surface area contributed by atoms with E-state index >= 15 is 0 Å². The summed E-state index contributed by atoms with van der Waals surface area (Å²) in [5.41, 5.74) is -0.946. The number of allylic oxidation sites excluding steroid dienone is 1. The molecule has 0 heterocycles. The monoisotopic (exact) mass is 322 g/mol. The lowest BCUT2D eigenvalue weighted by Crippen LogP contribution is -2.07. The van der Waals surface area contributed by atoms with E-state index in [4.69, 9.17) is 5.11 Å². The summed E-state index contributed by atoms with van der Waals surface area (Å²) in [4.78, 5) is 10.9. The van der Waals surface area contributed by atoms with Gasteiger partial charge < -0.3 is 5.11 Å². The molecule has 0 bridgehead atoms. The third kappa shape index (κ3) is 3.87. The Morgan fingerprint density at radius 2 is 2.06 bits per heavy atom. The van der Waals surface area contributed by atoms with Crippen LogP contribution in [0.2, 0.25) is 0 Å². The van der Waals surface area contributed by atoms with E-state index in [1.165, 1.54) is 6.08 Å². The first-order valence-corrected chi connectivity index (χ1v) is 6.15. The summed E-state index contributed by atoms with van der Waals surface area (Å²) < 4.78 is 37.5. The van der Waals surface area contributed by atoms with Gasteiger partial charge >= 0.3 is 12.1 Å². The molecule has 1 aromatic rings. The van der Waals surface area contributed by atoms with E-state index in [0.717, 1.165) is 18.2 Å². The summed E-state index contributed by atoms with van der Waals surface area (Å²) in [5, 5.41) is 9.55. The second kappa shape index (κ2) is 6.04. The van der Waals surface area contributed by atoms with Crippen LogP contribution < -0.4 is 0 Å². The van der Waals surface area contributed by atoms with Gasteiger partial charge in [-0.1, -0.05) is 28.1 Å². The highest BCUT2D eigenvalue weighted by atomic mass is 79.9. The number of carbonyl (C=O) groups is 1. The zero-order valence-corrected chi connectivity index (χ0v) is 10.8. The molecular weight excluding hydrogens is 313 g/mol. The fraction of sp³-hybridized carbons (Fsp3) is 0.250. The zero-order valence-electron chi connectivity index (χ0n) is 9.17. The van der Waals surface area contributed by atoms with E-state index in [1.807, 2.05) is 0 Å². The molecule has 0 saturated carbocycles. The normalized spacial score (nSPS) is 12.0. The first-order chi connectivity index (χ1) is 8.36. The molecule has 0 aromatic heterocycles. The van der Waals surface area contributed by atoms with Crippen LogP contribution in [0.15, 0.2) is 24.3 Å². The van der Waals surface area contributed by atoms with Crippen molar-refractivity contribution in [2.24, 2.45) is 0 Å². The largest absolute Gasteiger partial charge is 0.478 e. The lowest BCUT2D eigenvalue weighted by atomic mass is 10.0. The van der Waals surface area contributed by atoms with E-state index in [1.54, 1.807) is 6.08 Å². The average molecular weight is 323 g/mol. The number of hydrogen-bond acceptors (Lipinski definition) is 1. The first kappa shape index (κ1) is 14.8. The van der Waals surface area contributed by atoms with Crippen molar-refractivity contribution in [1.29, 1.82) is 0 Å². The number of hydrogen-bond donors (Lipinski definition) is 1. The molecule has 0 aliphatic rings. The van der Waals surface area contributed by atoms with Gasteiger partial charge in [-0.3, -0.25) is 0 Å². The number of rotatable bonds is 4. The molecule has 0 aliphatic carbocycles. The van der Waals surface area contributed by atoms with Gasteiger partial charge in [0, 0.05) is 5.33 Å². The molecule has 1 N–H and O–H groups in total. The molecule has 18 heavy (non-hydrogen) atoms. The average Bonchev–Trinajstić information content (AvgIpc) is 2.27. The molecule has 6 heteroatoms. The molecule has 2 nitrogen and oxygen atoms in total. The highest BCUT2D eigenvalue weighted by Gasteiger charge is 2.31. The first-order valence-electron chi connectivity index (χ1n) is 5.03. The second-order valence-corrected chi connectivity index (χ2v) is 4.28. The fourth-order valence-electron chi connectivity index (χ4n) is 1.35. The zero-order chi connectivity index (χ0) is 13.8. The second-order valence-electron chi connectivity index (χ2n) is 3.48. The van der Waals surface area contributed by atoms with Gasteiger partial charge in [0.25, 0.3) is 0 Å². The SMILES string of the molecule is O=C(O)c1ccc(C(F)(F)F)cc1C=CCCBr. The van der Waals surface area contributed by atoms with Crippen molar-refractivity contribution in [1.82, 2.24) is 0 Å². The summed E-state index contributed by atoms with van der Waals surface area (Å²) in [5.74, 6) is -1.25. The van der Waals surface area contributed by atoms with Crippen molar-refractivity contribution in [3.05, 3.63) is 41.0 Å². The molecule has 0 aliphatic heterocycles. The lowest BCUT2D eigenvalue weighted by molar-refractivity contribution is -0.137. The van der Waals surface area contributed by atoms with Crippen molar-refractivity contribution in [3.63, 3.8) is 0 Å². The smallest absolute Gasteiger partial charge is 0.416 e. The van der Waals surface area contributed by atoms with E-state index in [9.17, 15) is 18.0 Å². The molecule has 0 amide bonds. The standard InChI is InChI=1S/C12H10BrF3O2/c13-6-2-1-3-8-7-9(12(14,15)16)4-5-10(8)11(17)18/h1,3-5,7H,2,6H2,(H,17,18). The van der Waals surface area contributed by atoms with Gasteiger partial charge in [0.05, 0.1) is 11.1 Å². The van der Waals surface area contributed by atoms with Crippen LogP contribution in [0.5, 0.6) is 0 Å². The van der Waals surface area contributed by atoms with Gasteiger partial charge in [0.1, 0.15) is 0 Å². The number of benzene rings is 1. The third-order valence-corrected chi connectivity index (χ3v) is 2.64. The van der Waals surface area contributed by atoms with Crippen molar-refractivity contribution >= 4 is 28.0 Å². The number of carboxylic acids is 1. The molecule has 0 saturated heterocycles. The Bertz CT molecular complexity index is 467. The minimum absolute atomic E-state index is 0.0540. The molecular formula is C12H10BrF3O2. The maximum absolute atomic E-state index is 12.5. The van der Waals surface area contributed by atoms with Crippen LogP contribution in [-0.4, -0.2) is 16.4 Å². The van der Waals surface area contributed by atoms with E-state index in [0.29, 0.717) is 11.8 Å². The molecule has 98 valence electrons. The number of aromatic carboxylic acids is 1. The van der Waals surface area contributed by atoms with Crippen LogP contribution in [0, 0.1) is 0 Å². The van der Waals surface area contributed by atoms with Gasteiger partial charge in [-0.2, -0.15) is 13.2 Å². The number of carboxylic acid groups (broad SMARTS) is 1. The summed E-state index contributed by atoms with van der Waals surface area (Å²) in [6.45, 7) is 0. The Morgan fingerprint density at radius 1 is 1.39 bits per heavy atom. The molecule has 0 fully saturated rings. The summed E-state index contributed by atoms with van der Waals surface area (Å²) >= 11 is 3.17. The highest BCUT2D eigenvalue weighted by molar-refractivity contribution is 9.09. The fourth-order valence-corrected chi connectivity index (χ4v) is 1.61. The van der Waals surface area contributed by atoms with Crippen LogP contribution in [0.3, 0.4) is 0 Å². The molecule has 0 spiro atoms. The quantitative estimate of drug-likeness (QED) is 0.843. The Labute approximate surface area is 110 Å². The Morgan fingerprint density at radius 3 is 2.56 bits per heavy atom. The summed E-state index contributed by atoms with van der Waals surface area (Å²) in [7, 11) is 0. The van der Waals surface area contributed by atoms with Crippen LogP contribution in [-0.2, 0) is 6.18 Å². The predicted molar refractivity (Wildman–Crippen MR) is 65.8 cm³/mol. The van der Waals surface area contributed by atoms with Crippen LogP contribution in [0.1, 0.15) is 27.9 Å². The van der Waals surface area contributed by atoms with E-state index in [2.05, 4.69) is 15.9 Å². The maximum Gasteiger partial charge on any atom is 0.416 e. The number of halogens is 4. The van der Waals surface area contributed by atoms with Gasteiger partial charge in [-0.25, -0.2) is 4.79 Å². The minimum Gasteiger partial charge on any atom is -0.478 e. The van der Waals surface area contributed by atoms with Gasteiger partial charge in [-0.05, 0) is 30.2 Å². The lowest BCUT2D eigenvalue weighted by Gasteiger charge is -2.09. The summed E-state index contributed by atoms with van der Waals surface area (Å²) in [6.07, 6.45) is -0.860. The maximum atomic E-state index is 12.5. The topological polar surface area (TPSA) is 37.3 Å². The predicted octanol–water partition coefficient (Wildman–Crippen LogP) is 4.20. The van der Waals surface area contributed by atoms with Crippen molar-refractivity contribution in [3.8, 4) is 0 Å². The Kier molecular flexibility index (Phi) is 4.95. The number of alkyl halides is 4. The minimum atomic E-state index is -4.48. The van der Waals surface area contributed by atoms with E-state index in [-0.39, 0.29) is 11.1 Å². The Hall–Kier alpha value is -1.30. The molecule has 1 rings (SSSR count). The van der Waals surface area contributed by atoms with E-state index < -0.39 is 17.7 Å². The molecule has 0 atom stereocenters. The molecule has 0 unspecified atom stereocenters. The van der Waals surface area contributed by atoms with Gasteiger partial charge in [0.15, 0.2) is 0 Å².